The summed E-state index contributed by atoms with van der Waals surface area (Å²) in [4.78, 5) is 18.9. The van der Waals surface area contributed by atoms with Gasteiger partial charge < -0.3 is 4.90 Å². The average Bonchev–Trinajstić information content (AvgIpc) is 3.33. The van der Waals surface area contributed by atoms with Crippen LogP contribution in [0.2, 0.25) is 0 Å². The number of pyridine rings is 1. The van der Waals surface area contributed by atoms with Gasteiger partial charge in [-0.1, -0.05) is 0 Å². The van der Waals surface area contributed by atoms with E-state index in [0.29, 0.717) is 41.0 Å². The number of benzene rings is 1. The molecular formula is C20H15F3N6O. The van der Waals surface area contributed by atoms with Crippen molar-refractivity contribution in [2.45, 2.75) is 13.0 Å². The molecule has 152 valence electrons. The van der Waals surface area contributed by atoms with Crippen LogP contribution >= 0.6 is 0 Å². The number of aromatic nitrogens is 5. The first-order chi connectivity index (χ1) is 14.4. The Labute approximate surface area is 168 Å². The first kappa shape index (κ1) is 18.3. The van der Waals surface area contributed by atoms with Gasteiger partial charge in [-0.3, -0.25) is 14.6 Å². The van der Waals surface area contributed by atoms with Gasteiger partial charge in [0.05, 0.1) is 35.1 Å². The van der Waals surface area contributed by atoms with Crippen LogP contribution in [0.1, 0.15) is 21.6 Å². The molecular weight excluding hydrogens is 397 g/mol. The molecule has 0 atom stereocenters. The Morgan fingerprint density at radius 1 is 1.20 bits per heavy atom. The molecule has 30 heavy (non-hydrogen) atoms. The molecule has 1 amide bonds. The lowest BCUT2D eigenvalue weighted by Crippen LogP contribution is -2.36. The molecule has 0 saturated carbocycles. The van der Waals surface area contributed by atoms with Crippen LogP contribution in [0.5, 0.6) is 0 Å². The molecule has 4 heterocycles. The van der Waals surface area contributed by atoms with Crippen molar-refractivity contribution in [3.63, 3.8) is 0 Å². The number of rotatable bonds is 2. The van der Waals surface area contributed by atoms with E-state index in [1.54, 1.807) is 30.4 Å². The highest BCUT2D eigenvalue weighted by atomic mass is 19.2. The number of nitrogens with zero attached hydrogens (tertiary/aromatic N) is 5. The Morgan fingerprint density at radius 2 is 1.97 bits per heavy atom. The lowest BCUT2D eigenvalue weighted by Gasteiger charge is -2.27. The van der Waals surface area contributed by atoms with Gasteiger partial charge in [0.1, 0.15) is 0 Å². The van der Waals surface area contributed by atoms with Gasteiger partial charge in [0.25, 0.3) is 5.91 Å². The molecule has 0 radical (unpaired) electrons. The molecule has 0 bridgehead atoms. The first-order valence-electron chi connectivity index (χ1n) is 9.21. The molecule has 1 aliphatic rings. The number of hydrogen-bond acceptors (Lipinski definition) is 4. The third-order valence-electron chi connectivity index (χ3n) is 5.33. The number of carbonyl (C=O) groups is 1. The highest BCUT2D eigenvalue weighted by molar-refractivity contribution is 6.05. The van der Waals surface area contributed by atoms with Crippen molar-refractivity contribution in [2.75, 3.05) is 6.54 Å². The highest BCUT2D eigenvalue weighted by Crippen LogP contribution is 2.32. The van der Waals surface area contributed by atoms with Gasteiger partial charge in [0.2, 0.25) is 0 Å². The van der Waals surface area contributed by atoms with Gasteiger partial charge in [-0.15, -0.1) is 0 Å². The number of carbonyl (C=O) groups excluding carboxylic acids is 1. The molecule has 0 fully saturated rings. The Bertz CT molecular complexity index is 1290. The summed E-state index contributed by atoms with van der Waals surface area (Å²) >= 11 is 0. The number of halogens is 3. The molecule has 7 nitrogen and oxygen atoms in total. The number of nitrogens with one attached hydrogen (secondary N) is 1. The van der Waals surface area contributed by atoms with Gasteiger partial charge in [0.15, 0.2) is 23.1 Å². The van der Waals surface area contributed by atoms with Crippen molar-refractivity contribution in [3.8, 4) is 11.3 Å². The lowest BCUT2D eigenvalue weighted by molar-refractivity contribution is 0.0734. The standard InChI is InChI=1S/C20H15F3N6O/c1-28-18(10-6-14(21)17(23)15(22)7-10)12-3-5-29(9-16(12)27-28)20(30)11-2-4-24-19-13(11)8-25-26-19/h2,4,6-8H,3,5,9H2,1H3,(H,24,25,26). The van der Waals surface area contributed by atoms with Gasteiger partial charge in [-0.2, -0.15) is 10.2 Å². The maximum Gasteiger partial charge on any atom is 0.255 e. The summed E-state index contributed by atoms with van der Waals surface area (Å²) in [5.41, 5.74) is 3.15. The van der Waals surface area contributed by atoms with Crippen LogP contribution in [0.4, 0.5) is 13.2 Å². The van der Waals surface area contributed by atoms with Crippen molar-refractivity contribution in [1.29, 1.82) is 0 Å². The highest BCUT2D eigenvalue weighted by Gasteiger charge is 2.29. The Balaban J connectivity index is 1.49. The fraction of sp³-hybridized carbons (Fsp3) is 0.200. The second-order valence-electron chi connectivity index (χ2n) is 7.12. The van der Waals surface area contributed by atoms with Crippen LogP contribution in [0.25, 0.3) is 22.3 Å². The van der Waals surface area contributed by atoms with Crippen LogP contribution in [0, 0.1) is 17.5 Å². The zero-order valence-corrected chi connectivity index (χ0v) is 15.8. The summed E-state index contributed by atoms with van der Waals surface area (Å²) in [5.74, 6) is -4.20. The first-order valence-corrected chi connectivity index (χ1v) is 9.21. The fourth-order valence-corrected chi connectivity index (χ4v) is 3.95. The third kappa shape index (κ3) is 2.75. The van der Waals surface area contributed by atoms with E-state index in [9.17, 15) is 18.0 Å². The molecule has 10 heteroatoms. The maximum absolute atomic E-state index is 13.7. The second-order valence-corrected chi connectivity index (χ2v) is 7.12. The Kier molecular flexibility index (Phi) is 4.09. The van der Waals surface area contributed by atoms with E-state index in [1.807, 2.05) is 0 Å². The van der Waals surface area contributed by atoms with E-state index in [2.05, 4.69) is 20.3 Å². The monoisotopic (exact) mass is 412 g/mol. The molecule has 5 rings (SSSR count). The largest absolute Gasteiger partial charge is 0.332 e. The fourth-order valence-electron chi connectivity index (χ4n) is 3.95. The number of aryl methyl sites for hydroxylation is 1. The maximum atomic E-state index is 13.7. The van der Waals surface area contributed by atoms with Crippen LogP contribution in [0.3, 0.4) is 0 Å². The van der Waals surface area contributed by atoms with Crippen molar-refractivity contribution in [3.05, 3.63) is 64.9 Å². The van der Waals surface area contributed by atoms with Crippen molar-refractivity contribution >= 4 is 16.9 Å². The van der Waals surface area contributed by atoms with Gasteiger partial charge >= 0.3 is 0 Å². The third-order valence-corrected chi connectivity index (χ3v) is 5.33. The number of fused-ring (bicyclic) bond motifs is 2. The second kappa shape index (κ2) is 6.68. The van der Waals surface area contributed by atoms with Gasteiger partial charge in [-0.25, -0.2) is 18.2 Å². The van der Waals surface area contributed by atoms with E-state index >= 15 is 0 Å². The van der Waals surface area contributed by atoms with Crippen molar-refractivity contribution in [1.82, 2.24) is 29.9 Å². The minimum absolute atomic E-state index is 0.180. The van der Waals surface area contributed by atoms with Crippen LogP contribution in [-0.2, 0) is 20.0 Å². The molecule has 0 unspecified atom stereocenters. The van der Waals surface area contributed by atoms with E-state index in [4.69, 9.17) is 0 Å². The quantitative estimate of drug-likeness (QED) is 0.514. The molecule has 0 saturated heterocycles. The van der Waals surface area contributed by atoms with E-state index in [0.717, 1.165) is 17.7 Å². The summed E-state index contributed by atoms with van der Waals surface area (Å²) < 4.78 is 42.3. The molecule has 1 aliphatic heterocycles. The van der Waals surface area contributed by atoms with E-state index in [1.165, 1.54) is 4.68 Å². The van der Waals surface area contributed by atoms with Crippen LogP contribution < -0.4 is 0 Å². The summed E-state index contributed by atoms with van der Waals surface area (Å²) in [5, 5.41) is 11.7. The average molecular weight is 412 g/mol. The van der Waals surface area contributed by atoms with Gasteiger partial charge in [-0.05, 0) is 24.6 Å². The summed E-state index contributed by atoms with van der Waals surface area (Å²) in [6, 6.07) is 3.56. The van der Waals surface area contributed by atoms with Gasteiger partial charge in [0, 0.05) is 30.9 Å². The number of amides is 1. The molecule has 1 aromatic carbocycles. The van der Waals surface area contributed by atoms with Crippen LogP contribution in [0.15, 0.2) is 30.6 Å². The summed E-state index contributed by atoms with van der Waals surface area (Å²) in [6.07, 6.45) is 3.55. The minimum atomic E-state index is -1.51. The van der Waals surface area contributed by atoms with Crippen molar-refractivity contribution in [2.24, 2.45) is 7.05 Å². The van der Waals surface area contributed by atoms with E-state index < -0.39 is 17.5 Å². The van der Waals surface area contributed by atoms with Crippen LogP contribution in [-0.4, -0.2) is 42.3 Å². The predicted molar refractivity (Wildman–Crippen MR) is 101 cm³/mol. The number of H-pyrrole nitrogens is 1. The summed E-state index contributed by atoms with van der Waals surface area (Å²) in [7, 11) is 1.65. The molecule has 1 N–H and O–H groups in total. The lowest BCUT2D eigenvalue weighted by atomic mass is 9.99. The molecule has 3 aromatic heterocycles. The van der Waals surface area contributed by atoms with E-state index in [-0.39, 0.29) is 18.0 Å². The smallest absolute Gasteiger partial charge is 0.255 e. The number of aromatic amines is 1. The SMILES string of the molecule is Cn1nc2c(c1-c1cc(F)c(F)c(F)c1)CCN(C(=O)c1ccnc3[nH]ncc13)C2. The molecule has 0 spiro atoms. The predicted octanol–water partition coefficient (Wildman–Crippen LogP) is 2.97. The Hall–Kier alpha value is -3.69. The summed E-state index contributed by atoms with van der Waals surface area (Å²) in [6.45, 7) is 0.647. The normalized spacial score (nSPS) is 13.7. The zero-order valence-electron chi connectivity index (χ0n) is 15.8. The topological polar surface area (TPSA) is 79.7 Å². The van der Waals surface area contributed by atoms with Crippen molar-refractivity contribution < 1.29 is 18.0 Å². The Morgan fingerprint density at radius 3 is 2.73 bits per heavy atom. The molecule has 0 aliphatic carbocycles. The number of hydrogen-bond donors (Lipinski definition) is 1. The zero-order chi connectivity index (χ0) is 21.0. The molecule has 4 aromatic rings. The minimum Gasteiger partial charge on any atom is -0.332 e.